The summed E-state index contributed by atoms with van der Waals surface area (Å²) >= 11 is 6.04. The van der Waals surface area contributed by atoms with Crippen LogP contribution in [0.25, 0.3) is 11.5 Å². The van der Waals surface area contributed by atoms with Gasteiger partial charge in [0.2, 0.25) is 11.8 Å². The van der Waals surface area contributed by atoms with Gasteiger partial charge >= 0.3 is 0 Å². The van der Waals surface area contributed by atoms with Gasteiger partial charge in [-0.05, 0) is 42.7 Å². The lowest BCUT2D eigenvalue weighted by Gasteiger charge is -2.31. The number of benzene rings is 2. The van der Waals surface area contributed by atoms with Crippen LogP contribution in [0.1, 0.15) is 30.0 Å². The molecule has 0 saturated carbocycles. The number of halogens is 1. The van der Waals surface area contributed by atoms with Gasteiger partial charge in [-0.15, -0.1) is 10.2 Å². The van der Waals surface area contributed by atoms with Gasteiger partial charge in [0.05, 0.1) is 6.04 Å². The molecule has 3 aromatic rings. The largest absolute Gasteiger partial charge is 0.419 e. The van der Waals surface area contributed by atoms with Crippen molar-refractivity contribution >= 4 is 11.6 Å². The molecular formula is C19H18ClN3O. The second-order valence-corrected chi connectivity index (χ2v) is 6.56. The monoisotopic (exact) mass is 339 g/mol. The molecule has 0 radical (unpaired) electrons. The zero-order chi connectivity index (χ0) is 16.5. The summed E-state index contributed by atoms with van der Waals surface area (Å²) in [7, 11) is 0. The summed E-state index contributed by atoms with van der Waals surface area (Å²) in [6.45, 7) is 4.02. The Morgan fingerprint density at radius 2 is 1.92 bits per heavy atom. The van der Waals surface area contributed by atoms with Gasteiger partial charge in [-0.25, -0.2) is 0 Å². The molecule has 122 valence electrons. The Hall–Kier alpha value is -2.17. The fraction of sp³-hybridized carbons (Fsp3) is 0.263. The van der Waals surface area contributed by atoms with E-state index < -0.39 is 0 Å². The highest BCUT2D eigenvalue weighted by molar-refractivity contribution is 6.30. The maximum Gasteiger partial charge on any atom is 0.247 e. The second kappa shape index (κ2) is 6.38. The molecule has 0 aliphatic carbocycles. The molecule has 0 unspecified atom stereocenters. The molecule has 1 aliphatic heterocycles. The van der Waals surface area contributed by atoms with Crippen LogP contribution in [0.4, 0.5) is 0 Å². The summed E-state index contributed by atoms with van der Waals surface area (Å²) in [6.07, 6.45) is 1.05. The van der Waals surface area contributed by atoms with Crippen molar-refractivity contribution in [3.63, 3.8) is 0 Å². The summed E-state index contributed by atoms with van der Waals surface area (Å²) in [5.74, 6) is 1.15. The van der Waals surface area contributed by atoms with E-state index in [0.29, 0.717) is 16.8 Å². The maximum absolute atomic E-state index is 6.04. The fourth-order valence-corrected chi connectivity index (χ4v) is 3.34. The smallest absolute Gasteiger partial charge is 0.247 e. The first-order valence-electron chi connectivity index (χ1n) is 8.11. The van der Waals surface area contributed by atoms with Gasteiger partial charge in [-0.1, -0.05) is 41.9 Å². The Kier molecular flexibility index (Phi) is 4.08. The summed E-state index contributed by atoms with van der Waals surface area (Å²) in [6, 6.07) is 16.2. The van der Waals surface area contributed by atoms with Gasteiger partial charge in [0.1, 0.15) is 0 Å². The Morgan fingerprint density at radius 1 is 1.08 bits per heavy atom. The number of hydrogen-bond donors (Lipinski definition) is 0. The predicted molar refractivity (Wildman–Crippen MR) is 93.7 cm³/mol. The molecule has 0 bridgehead atoms. The number of nitrogens with zero attached hydrogens (tertiary/aromatic N) is 3. The van der Waals surface area contributed by atoms with Crippen molar-refractivity contribution in [2.24, 2.45) is 0 Å². The topological polar surface area (TPSA) is 42.2 Å². The Bertz CT molecular complexity index is 861. The molecule has 0 N–H and O–H groups in total. The molecule has 0 spiro atoms. The minimum Gasteiger partial charge on any atom is -0.419 e. The first-order chi connectivity index (χ1) is 11.7. The Balaban J connectivity index is 1.55. The lowest BCUT2D eigenvalue weighted by atomic mass is 9.99. The summed E-state index contributed by atoms with van der Waals surface area (Å²) in [5.41, 5.74) is 3.66. The quantitative estimate of drug-likeness (QED) is 0.704. The van der Waals surface area contributed by atoms with Crippen LogP contribution in [0.15, 0.2) is 52.9 Å². The van der Waals surface area contributed by atoms with Crippen LogP contribution in [-0.2, 0) is 13.0 Å². The highest BCUT2D eigenvalue weighted by atomic mass is 35.5. The Morgan fingerprint density at radius 3 is 2.75 bits per heavy atom. The van der Waals surface area contributed by atoms with Gasteiger partial charge in [0.25, 0.3) is 0 Å². The third-order valence-corrected chi connectivity index (χ3v) is 4.81. The average Bonchev–Trinajstić information content (AvgIpc) is 3.11. The third kappa shape index (κ3) is 2.95. The zero-order valence-corrected chi connectivity index (χ0v) is 14.2. The highest BCUT2D eigenvalue weighted by Gasteiger charge is 2.25. The van der Waals surface area contributed by atoms with Gasteiger partial charge in [0, 0.05) is 23.7 Å². The van der Waals surface area contributed by atoms with E-state index in [9.17, 15) is 0 Å². The molecule has 5 heteroatoms. The first-order valence-corrected chi connectivity index (χ1v) is 8.48. The van der Waals surface area contributed by atoms with Crippen LogP contribution in [0.3, 0.4) is 0 Å². The molecule has 1 atom stereocenters. The molecule has 2 heterocycles. The minimum absolute atomic E-state index is 0.0822. The van der Waals surface area contributed by atoms with Gasteiger partial charge in [-0.3, -0.25) is 4.90 Å². The molecule has 2 aromatic carbocycles. The number of hydrogen-bond acceptors (Lipinski definition) is 4. The lowest BCUT2D eigenvalue weighted by Crippen LogP contribution is -2.33. The fourth-order valence-electron chi connectivity index (χ4n) is 3.15. The van der Waals surface area contributed by atoms with Crippen molar-refractivity contribution < 1.29 is 4.42 Å². The van der Waals surface area contributed by atoms with E-state index in [-0.39, 0.29) is 6.04 Å². The molecule has 0 saturated heterocycles. The van der Waals surface area contributed by atoms with Crippen LogP contribution >= 0.6 is 11.6 Å². The predicted octanol–water partition coefficient (Wildman–Crippen LogP) is 4.51. The Labute approximate surface area is 146 Å². The average molecular weight is 340 g/mol. The van der Waals surface area contributed by atoms with Crippen molar-refractivity contribution in [1.82, 2.24) is 15.1 Å². The summed E-state index contributed by atoms with van der Waals surface area (Å²) in [4.78, 5) is 2.37. The second-order valence-electron chi connectivity index (χ2n) is 6.12. The molecule has 4 nitrogen and oxygen atoms in total. The van der Waals surface area contributed by atoms with Crippen LogP contribution in [0, 0.1) is 0 Å². The number of rotatable bonds is 3. The summed E-state index contributed by atoms with van der Waals surface area (Å²) < 4.78 is 5.91. The van der Waals surface area contributed by atoms with Crippen molar-refractivity contribution in [2.75, 3.05) is 6.54 Å². The van der Waals surface area contributed by atoms with Crippen LogP contribution < -0.4 is 0 Å². The molecule has 1 aliphatic rings. The first kappa shape index (κ1) is 15.4. The molecule has 24 heavy (non-hydrogen) atoms. The van der Waals surface area contributed by atoms with E-state index in [2.05, 4.69) is 46.3 Å². The van der Waals surface area contributed by atoms with E-state index in [0.717, 1.165) is 25.1 Å². The van der Waals surface area contributed by atoms with E-state index in [4.69, 9.17) is 16.0 Å². The third-order valence-electron chi connectivity index (χ3n) is 4.58. The van der Waals surface area contributed by atoms with Crippen LogP contribution in [0.5, 0.6) is 0 Å². The van der Waals surface area contributed by atoms with Crippen molar-refractivity contribution in [1.29, 1.82) is 0 Å². The van der Waals surface area contributed by atoms with Crippen molar-refractivity contribution in [3.8, 4) is 11.5 Å². The maximum atomic E-state index is 6.04. The standard InChI is InChI=1S/C19H18ClN3O/c1-13(23-10-9-14-5-2-3-6-16(14)12-23)18-21-22-19(24-18)15-7-4-8-17(20)11-15/h2-8,11,13H,9-10,12H2,1H3/t13-/m1/s1. The van der Waals surface area contributed by atoms with Gasteiger partial charge in [-0.2, -0.15) is 0 Å². The van der Waals surface area contributed by atoms with E-state index >= 15 is 0 Å². The lowest BCUT2D eigenvalue weighted by molar-refractivity contribution is 0.167. The molecular weight excluding hydrogens is 322 g/mol. The molecule has 1 aromatic heterocycles. The van der Waals surface area contributed by atoms with E-state index in [1.165, 1.54) is 11.1 Å². The van der Waals surface area contributed by atoms with Crippen LogP contribution in [0.2, 0.25) is 5.02 Å². The SMILES string of the molecule is C[C@H](c1nnc(-c2cccc(Cl)c2)o1)N1CCc2ccccc2C1. The van der Waals surface area contributed by atoms with E-state index in [1.807, 2.05) is 24.3 Å². The molecule has 0 amide bonds. The number of fused-ring (bicyclic) bond motifs is 1. The van der Waals surface area contributed by atoms with Gasteiger partial charge < -0.3 is 4.42 Å². The zero-order valence-electron chi connectivity index (χ0n) is 13.4. The van der Waals surface area contributed by atoms with Crippen molar-refractivity contribution in [2.45, 2.75) is 25.9 Å². The van der Waals surface area contributed by atoms with Crippen molar-refractivity contribution in [3.05, 3.63) is 70.6 Å². The molecule has 4 rings (SSSR count). The van der Waals surface area contributed by atoms with E-state index in [1.54, 1.807) is 0 Å². The molecule has 0 fully saturated rings. The van der Waals surface area contributed by atoms with Crippen LogP contribution in [-0.4, -0.2) is 21.6 Å². The highest BCUT2D eigenvalue weighted by Crippen LogP contribution is 2.29. The number of aromatic nitrogens is 2. The summed E-state index contributed by atoms with van der Waals surface area (Å²) in [5, 5.41) is 9.10. The van der Waals surface area contributed by atoms with Gasteiger partial charge in [0.15, 0.2) is 0 Å². The minimum atomic E-state index is 0.0822. The normalized spacial score (nSPS) is 15.9.